The molecule has 4 nitrogen and oxygen atoms in total. The van der Waals surface area contributed by atoms with E-state index in [0.29, 0.717) is 6.42 Å². The third-order valence-electron chi connectivity index (χ3n) is 6.82. The Bertz CT molecular complexity index is 560. The van der Waals surface area contributed by atoms with Gasteiger partial charge in [-0.3, -0.25) is 9.59 Å². The van der Waals surface area contributed by atoms with Crippen molar-refractivity contribution >= 4 is 11.8 Å². The number of fused-ring (bicyclic) bond motifs is 1. The molecule has 1 saturated carbocycles. The second kappa shape index (κ2) is 6.62. The summed E-state index contributed by atoms with van der Waals surface area (Å²) in [6.07, 6.45) is 3.55. The summed E-state index contributed by atoms with van der Waals surface area (Å²) in [5.41, 5.74) is 1.75. The summed E-state index contributed by atoms with van der Waals surface area (Å²) in [6, 6.07) is 0. The minimum absolute atomic E-state index is 0.0658. The molecule has 136 valence electrons. The average Bonchev–Trinajstić information content (AvgIpc) is 2.46. The standard InChI is InChI=1S/C20H32O4/c1-12(10-18(23)24)6-7-14-13(2)15(21)11-16-19(3,4)17(22)8-9-20(14,16)5/h12,16-17,22H,6-11H2,1-5H3,(H,23,24). The maximum Gasteiger partial charge on any atom is 0.303 e. The lowest BCUT2D eigenvalue weighted by Gasteiger charge is -2.56. The predicted molar refractivity (Wildman–Crippen MR) is 93.6 cm³/mol. The Kier molecular flexibility index (Phi) is 5.29. The van der Waals surface area contributed by atoms with Gasteiger partial charge in [0.1, 0.15) is 0 Å². The van der Waals surface area contributed by atoms with Crippen LogP contribution >= 0.6 is 0 Å². The van der Waals surface area contributed by atoms with E-state index in [-0.39, 0.29) is 41.0 Å². The number of carboxylic acid groups (broad SMARTS) is 1. The van der Waals surface area contributed by atoms with Gasteiger partial charge in [-0.2, -0.15) is 0 Å². The summed E-state index contributed by atoms with van der Waals surface area (Å²) < 4.78 is 0. The predicted octanol–water partition coefficient (Wildman–Crippen LogP) is 3.97. The van der Waals surface area contributed by atoms with E-state index in [9.17, 15) is 14.7 Å². The number of allylic oxidation sites excluding steroid dienone is 2. The van der Waals surface area contributed by atoms with Gasteiger partial charge in [0.2, 0.25) is 0 Å². The van der Waals surface area contributed by atoms with Gasteiger partial charge in [-0.15, -0.1) is 0 Å². The summed E-state index contributed by atoms with van der Waals surface area (Å²) in [6.45, 7) is 10.3. The molecule has 2 N–H and O–H groups in total. The number of ketones is 1. The molecule has 0 bridgehead atoms. The van der Waals surface area contributed by atoms with Gasteiger partial charge in [0.25, 0.3) is 0 Å². The van der Waals surface area contributed by atoms with Gasteiger partial charge in [0.05, 0.1) is 6.10 Å². The van der Waals surface area contributed by atoms with Crippen LogP contribution in [-0.4, -0.2) is 28.1 Å². The fraction of sp³-hybridized carbons (Fsp3) is 0.800. The average molecular weight is 336 g/mol. The molecule has 0 radical (unpaired) electrons. The van der Waals surface area contributed by atoms with Crippen molar-refractivity contribution in [1.29, 1.82) is 0 Å². The summed E-state index contributed by atoms with van der Waals surface area (Å²) in [5, 5.41) is 19.4. The zero-order chi connectivity index (χ0) is 18.3. The lowest BCUT2D eigenvalue weighted by molar-refractivity contribution is -0.138. The number of hydrogen-bond donors (Lipinski definition) is 2. The lowest BCUT2D eigenvalue weighted by Crippen LogP contribution is -2.53. The molecule has 1 fully saturated rings. The lowest BCUT2D eigenvalue weighted by atomic mass is 9.49. The molecule has 0 aromatic rings. The fourth-order valence-corrected chi connectivity index (χ4v) is 5.08. The number of aliphatic hydroxyl groups is 1. The highest BCUT2D eigenvalue weighted by Crippen LogP contribution is 2.59. The van der Waals surface area contributed by atoms with E-state index in [1.54, 1.807) is 0 Å². The first-order chi connectivity index (χ1) is 11.0. The van der Waals surface area contributed by atoms with Crippen LogP contribution in [0.2, 0.25) is 0 Å². The van der Waals surface area contributed by atoms with Crippen molar-refractivity contribution in [3.63, 3.8) is 0 Å². The third-order valence-corrected chi connectivity index (χ3v) is 6.82. The summed E-state index contributed by atoms with van der Waals surface area (Å²) in [5.74, 6) is -0.321. The van der Waals surface area contributed by atoms with Crippen LogP contribution in [-0.2, 0) is 9.59 Å². The molecule has 4 unspecified atom stereocenters. The summed E-state index contributed by atoms with van der Waals surface area (Å²) in [4.78, 5) is 23.5. The van der Waals surface area contributed by atoms with Crippen LogP contribution < -0.4 is 0 Å². The number of carboxylic acids is 1. The van der Waals surface area contributed by atoms with E-state index >= 15 is 0 Å². The zero-order valence-electron chi connectivity index (χ0n) is 15.7. The quantitative estimate of drug-likeness (QED) is 0.796. The molecule has 0 heterocycles. The van der Waals surface area contributed by atoms with E-state index in [1.807, 2.05) is 13.8 Å². The molecular formula is C20H32O4. The summed E-state index contributed by atoms with van der Waals surface area (Å²) in [7, 11) is 0. The highest BCUT2D eigenvalue weighted by atomic mass is 16.4. The Hall–Kier alpha value is -1.16. The van der Waals surface area contributed by atoms with E-state index in [2.05, 4.69) is 20.8 Å². The first-order valence-corrected chi connectivity index (χ1v) is 9.13. The van der Waals surface area contributed by atoms with Crippen molar-refractivity contribution in [3.05, 3.63) is 11.1 Å². The molecule has 4 heteroatoms. The Labute approximate surface area is 145 Å². The number of Topliss-reactive ketones (excluding diaryl/α,β-unsaturated/α-hetero) is 1. The van der Waals surface area contributed by atoms with Crippen LogP contribution in [0.3, 0.4) is 0 Å². The molecule has 0 aromatic heterocycles. The van der Waals surface area contributed by atoms with Gasteiger partial charge in [0, 0.05) is 12.8 Å². The molecule has 2 aliphatic carbocycles. The van der Waals surface area contributed by atoms with Gasteiger partial charge < -0.3 is 10.2 Å². The van der Waals surface area contributed by atoms with Gasteiger partial charge in [-0.05, 0) is 60.8 Å². The number of aliphatic carboxylic acids is 1. The minimum atomic E-state index is -0.765. The van der Waals surface area contributed by atoms with Crippen LogP contribution in [0.4, 0.5) is 0 Å². The van der Waals surface area contributed by atoms with Crippen molar-refractivity contribution in [2.24, 2.45) is 22.7 Å². The first-order valence-electron chi connectivity index (χ1n) is 9.13. The topological polar surface area (TPSA) is 74.6 Å². The highest BCUT2D eigenvalue weighted by molar-refractivity contribution is 5.97. The van der Waals surface area contributed by atoms with E-state index in [0.717, 1.165) is 31.3 Å². The van der Waals surface area contributed by atoms with Crippen LogP contribution in [0.1, 0.15) is 73.1 Å². The van der Waals surface area contributed by atoms with Crippen molar-refractivity contribution < 1.29 is 19.8 Å². The Morgan fingerprint density at radius 1 is 1.33 bits per heavy atom. The van der Waals surface area contributed by atoms with Crippen LogP contribution in [0.25, 0.3) is 0 Å². The molecule has 2 aliphatic rings. The number of carbonyl (C=O) groups is 2. The van der Waals surface area contributed by atoms with Crippen LogP contribution in [0.15, 0.2) is 11.1 Å². The summed E-state index contributed by atoms with van der Waals surface area (Å²) >= 11 is 0. The Balaban J connectivity index is 2.29. The molecular weight excluding hydrogens is 304 g/mol. The molecule has 0 aromatic carbocycles. The zero-order valence-corrected chi connectivity index (χ0v) is 15.7. The second-order valence-electron chi connectivity index (χ2n) is 8.82. The van der Waals surface area contributed by atoms with E-state index in [4.69, 9.17) is 5.11 Å². The van der Waals surface area contributed by atoms with E-state index in [1.165, 1.54) is 5.57 Å². The fourth-order valence-electron chi connectivity index (χ4n) is 5.08. The molecule has 0 amide bonds. The molecule has 0 saturated heterocycles. The minimum Gasteiger partial charge on any atom is -0.481 e. The number of rotatable bonds is 5. The molecule has 2 rings (SSSR count). The van der Waals surface area contributed by atoms with Gasteiger partial charge in [-0.25, -0.2) is 0 Å². The monoisotopic (exact) mass is 336 g/mol. The van der Waals surface area contributed by atoms with Crippen molar-refractivity contribution in [3.8, 4) is 0 Å². The van der Waals surface area contributed by atoms with Crippen molar-refractivity contribution in [1.82, 2.24) is 0 Å². The Morgan fingerprint density at radius 3 is 2.54 bits per heavy atom. The maximum atomic E-state index is 12.6. The second-order valence-corrected chi connectivity index (χ2v) is 8.82. The molecule has 24 heavy (non-hydrogen) atoms. The third kappa shape index (κ3) is 3.30. The molecule has 4 atom stereocenters. The van der Waals surface area contributed by atoms with Gasteiger partial charge in [-0.1, -0.05) is 33.3 Å². The normalized spacial score (nSPS) is 34.0. The van der Waals surface area contributed by atoms with Gasteiger partial charge in [0.15, 0.2) is 5.78 Å². The largest absolute Gasteiger partial charge is 0.481 e. The maximum absolute atomic E-state index is 12.6. The number of hydrogen-bond acceptors (Lipinski definition) is 3. The van der Waals surface area contributed by atoms with Crippen molar-refractivity contribution in [2.45, 2.75) is 79.2 Å². The smallest absolute Gasteiger partial charge is 0.303 e. The number of aliphatic hydroxyl groups excluding tert-OH is 1. The molecule has 0 spiro atoms. The van der Waals surface area contributed by atoms with Crippen LogP contribution in [0.5, 0.6) is 0 Å². The Morgan fingerprint density at radius 2 is 1.96 bits per heavy atom. The molecule has 0 aliphatic heterocycles. The SMILES string of the molecule is CC1=C(CCC(C)CC(=O)O)C2(C)CCC(O)C(C)(C)C2CC1=O. The van der Waals surface area contributed by atoms with E-state index < -0.39 is 5.97 Å². The highest BCUT2D eigenvalue weighted by Gasteiger charge is 2.55. The first kappa shape index (κ1) is 19.2. The van der Waals surface area contributed by atoms with Crippen LogP contribution in [0, 0.1) is 22.7 Å². The number of carbonyl (C=O) groups excluding carboxylic acids is 1. The van der Waals surface area contributed by atoms with Gasteiger partial charge >= 0.3 is 5.97 Å². The van der Waals surface area contributed by atoms with Crippen molar-refractivity contribution in [2.75, 3.05) is 0 Å².